The van der Waals surface area contributed by atoms with Crippen LogP contribution in [0.15, 0.2) is 18.2 Å². The number of hydrogen-bond acceptors (Lipinski definition) is 4. The monoisotopic (exact) mass is 314 g/mol. The van der Waals surface area contributed by atoms with Crippen molar-refractivity contribution in [2.24, 2.45) is 5.73 Å². The van der Waals surface area contributed by atoms with Crippen LogP contribution in [0.1, 0.15) is 17.5 Å². The zero-order valence-electron chi connectivity index (χ0n) is 12.6. The van der Waals surface area contributed by atoms with Crippen LogP contribution in [0.25, 0.3) is 0 Å². The van der Waals surface area contributed by atoms with E-state index in [2.05, 4.69) is 4.90 Å². The summed E-state index contributed by atoms with van der Waals surface area (Å²) in [6.45, 7) is 3.75. The van der Waals surface area contributed by atoms with E-state index in [0.717, 1.165) is 25.1 Å². The minimum atomic E-state index is -0.380. The number of rotatable bonds is 10. The molecule has 0 aromatic heterocycles. The van der Waals surface area contributed by atoms with E-state index in [4.69, 9.17) is 27.4 Å². The first-order chi connectivity index (χ1) is 10.1. The van der Waals surface area contributed by atoms with E-state index in [9.17, 15) is 4.39 Å². The smallest absolute Gasteiger partial charge is 0.133 e. The second kappa shape index (κ2) is 9.78. The quantitative estimate of drug-likeness (QED) is 0.528. The van der Waals surface area contributed by atoms with Gasteiger partial charge in [-0.15, -0.1) is 0 Å². The molecule has 1 rings (SSSR count). The van der Waals surface area contributed by atoms with Gasteiger partial charge in [0, 0.05) is 46.0 Å². The number of benzene rings is 1. The maximum absolute atomic E-state index is 13.6. The van der Waals surface area contributed by atoms with Crippen molar-refractivity contribution in [1.29, 1.82) is 0 Å². The Morgan fingerprint density at radius 1 is 1.24 bits per heavy atom. The van der Waals surface area contributed by atoms with Crippen molar-refractivity contribution in [3.8, 4) is 0 Å². The highest BCUT2D eigenvalue weighted by molar-refractivity contribution is 7.80. The Bertz CT molecular complexity index is 457. The normalized spacial score (nSPS) is 11.0. The van der Waals surface area contributed by atoms with E-state index in [0.29, 0.717) is 25.3 Å². The Hall–Kier alpha value is -1.08. The lowest BCUT2D eigenvalue weighted by Gasteiger charge is -2.22. The van der Waals surface area contributed by atoms with Crippen LogP contribution in [0.5, 0.6) is 0 Å². The molecule has 0 aliphatic carbocycles. The first kappa shape index (κ1) is 18.0. The standard InChI is InChI=1S/C15H23FN2O2S/c1-19-8-3-6-18(7-9-20-2)11-12-4-5-14(16)13(10-12)15(17)21/h4-5,10H,3,6-9,11H2,1-2H3,(H2,17,21). The summed E-state index contributed by atoms with van der Waals surface area (Å²) in [6, 6.07) is 4.88. The zero-order chi connectivity index (χ0) is 15.7. The number of halogens is 1. The molecule has 118 valence electrons. The summed E-state index contributed by atoms with van der Waals surface area (Å²) < 4.78 is 23.8. The summed E-state index contributed by atoms with van der Waals surface area (Å²) in [5, 5.41) is 0. The molecule has 0 fully saturated rings. The van der Waals surface area contributed by atoms with E-state index < -0.39 is 0 Å². The third kappa shape index (κ3) is 6.48. The van der Waals surface area contributed by atoms with Crippen LogP contribution < -0.4 is 5.73 Å². The molecule has 1 aromatic rings. The molecule has 0 atom stereocenters. The van der Waals surface area contributed by atoms with Gasteiger partial charge in [0.1, 0.15) is 10.8 Å². The minimum Gasteiger partial charge on any atom is -0.389 e. The van der Waals surface area contributed by atoms with E-state index in [1.807, 2.05) is 0 Å². The number of nitrogens with zero attached hydrogens (tertiary/aromatic N) is 1. The summed E-state index contributed by atoms with van der Waals surface area (Å²) in [5.41, 5.74) is 6.81. The molecule has 1 aromatic carbocycles. The molecular weight excluding hydrogens is 291 g/mol. The van der Waals surface area contributed by atoms with Gasteiger partial charge < -0.3 is 15.2 Å². The lowest BCUT2D eigenvalue weighted by Crippen LogP contribution is -2.29. The topological polar surface area (TPSA) is 47.7 Å². The molecule has 0 bridgehead atoms. The van der Waals surface area contributed by atoms with Gasteiger partial charge in [-0.2, -0.15) is 0 Å². The largest absolute Gasteiger partial charge is 0.389 e. The van der Waals surface area contributed by atoms with Gasteiger partial charge in [-0.3, -0.25) is 4.90 Å². The van der Waals surface area contributed by atoms with Crippen LogP contribution in [0.4, 0.5) is 4.39 Å². The highest BCUT2D eigenvalue weighted by atomic mass is 32.1. The van der Waals surface area contributed by atoms with Crippen molar-refractivity contribution in [2.75, 3.05) is 40.5 Å². The van der Waals surface area contributed by atoms with E-state index in [1.165, 1.54) is 6.07 Å². The van der Waals surface area contributed by atoms with Gasteiger partial charge in [-0.25, -0.2) is 4.39 Å². The molecular formula is C15H23FN2O2S. The second-order valence-corrected chi connectivity index (χ2v) is 5.23. The molecule has 0 unspecified atom stereocenters. The average Bonchev–Trinajstić information content (AvgIpc) is 2.46. The fraction of sp³-hybridized carbons (Fsp3) is 0.533. The summed E-state index contributed by atoms with van der Waals surface area (Å²) in [7, 11) is 3.37. The SMILES string of the molecule is COCCCN(CCOC)Cc1ccc(F)c(C(N)=S)c1. The Morgan fingerprint density at radius 2 is 1.95 bits per heavy atom. The van der Waals surface area contributed by atoms with Gasteiger partial charge in [-0.1, -0.05) is 18.3 Å². The number of methoxy groups -OCH3 is 2. The molecule has 0 aliphatic heterocycles. The molecule has 0 aliphatic rings. The summed E-state index contributed by atoms with van der Waals surface area (Å²) in [6.07, 6.45) is 0.934. The fourth-order valence-electron chi connectivity index (χ4n) is 2.04. The van der Waals surface area contributed by atoms with Crippen LogP contribution in [-0.4, -0.2) is 50.4 Å². The average molecular weight is 314 g/mol. The first-order valence-electron chi connectivity index (χ1n) is 6.87. The Balaban J connectivity index is 2.72. The minimum absolute atomic E-state index is 0.0807. The van der Waals surface area contributed by atoms with Crippen molar-refractivity contribution in [1.82, 2.24) is 4.90 Å². The van der Waals surface area contributed by atoms with Crippen molar-refractivity contribution in [3.63, 3.8) is 0 Å². The van der Waals surface area contributed by atoms with Crippen molar-refractivity contribution < 1.29 is 13.9 Å². The first-order valence-corrected chi connectivity index (χ1v) is 7.27. The Labute approximate surface area is 131 Å². The number of nitrogens with two attached hydrogens (primary N) is 1. The lowest BCUT2D eigenvalue weighted by atomic mass is 10.1. The van der Waals surface area contributed by atoms with Gasteiger partial charge in [0.25, 0.3) is 0 Å². The molecule has 0 saturated carbocycles. The third-order valence-electron chi connectivity index (χ3n) is 3.14. The highest BCUT2D eigenvalue weighted by Gasteiger charge is 2.10. The molecule has 0 radical (unpaired) electrons. The van der Waals surface area contributed by atoms with E-state index in [-0.39, 0.29) is 10.8 Å². The molecule has 0 spiro atoms. The van der Waals surface area contributed by atoms with E-state index >= 15 is 0 Å². The van der Waals surface area contributed by atoms with Gasteiger partial charge in [0.15, 0.2) is 0 Å². The van der Waals surface area contributed by atoms with Crippen LogP contribution in [-0.2, 0) is 16.0 Å². The molecule has 6 heteroatoms. The maximum atomic E-state index is 13.6. The molecule has 21 heavy (non-hydrogen) atoms. The molecule has 2 N–H and O–H groups in total. The number of hydrogen-bond donors (Lipinski definition) is 1. The lowest BCUT2D eigenvalue weighted by molar-refractivity contribution is 0.129. The maximum Gasteiger partial charge on any atom is 0.133 e. The van der Waals surface area contributed by atoms with Crippen molar-refractivity contribution in [2.45, 2.75) is 13.0 Å². The van der Waals surface area contributed by atoms with Crippen LogP contribution in [0.3, 0.4) is 0 Å². The highest BCUT2D eigenvalue weighted by Crippen LogP contribution is 2.13. The summed E-state index contributed by atoms with van der Waals surface area (Å²) >= 11 is 4.87. The number of thiocarbonyl (C=S) groups is 1. The fourth-order valence-corrected chi connectivity index (χ4v) is 2.20. The van der Waals surface area contributed by atoms with Crippen molar-refractivity contribution in [3.05, 3.63) is 35.1 Å². The van der Waals surface area contributed by atoms with Gasteiger partial charge >= 0.3 is 0 Å². The van der Waals surface area contributed by atoms with Gasteiger partial charge in [0.2, 0.25) is 0 Å². The number of ether oxygens (including phenoxy) is 2. The van der Waals surface area contributed by atoms with Crippen LogP contribution >= 0.6 is 12.2 Å². The third-order valence-corrected chi connectivity index (χ3v) is 3.36. The Kier molecular flexibility index (Phi) is 8.37. The zero-order valence-corrected chi connectivity index (χ0v) is 13.4. The Morgan fingerprint density at radius 3 is 2.57 bits per heavy atom. The van der Waals surface area contributed by atoms with Gasteiger partial charge in [-0.05, 0) is 24.1 Å². The predicted octanol–water partition coefficient (Wildman–Crippen LogP) is 1.94. The van der Waals surface area contributed by atoms with Gasteiger partial charge in [0.05, 0.1) is 6.61 Å². The van der Waals surface area contributed by atoms with E-state index in [1.54, 1.807) is 26.4 Å². The molecule has 4 nitrogen and oxygen atoms in total. The molecule has 0 heterocycles. The molecule has 0 saturated heterocycles. The summed E-state index contributed by atoms with van der Waals surface area (Å²) in [4.78, 5) is 2.32. The predicted molar refractivity (Wildman–Crippen MR) is 85.9 cm³/mol. The second-order valence-electron chi connectivity index (χ2n) is 4.79. The van der Waals surface area contributed by atoms with Crippen molar-refractivity contribution >= 4 is 17.2 Å². The summed E-state index contributed by atoms with van der Waals surface area (Å²) in [5.74, 6) is -0.380. The molecule has 0 amide bonds. The van der Waals surface area contributed by atoms with Crippen LogP contribution in [0, 0.1) is 5.82 Å². The van der Waals surface area contributed by atoms with Crippen LogP contribution in [0.2, 0.25) is 0 Å².